The summed E-state index contributed by atoms with van der Waals surface area (Å²) >= 11 is 0. The summed E-state index contributed by atoms with van der Waals surface area (Å²) in [7, 11) is 2.12. The SMILES string of the molecule is CCNC(=NCc1ccco1)NCCCN(C)c1ccccc1.I. The molecule has 0 bridgehead atoms. The summed E-state index contributed by atoms with van der Waals surface area (Å²) < 4.78 is 5.30. The molecule has 132 valence electrons. The molecule has 2 aromatic rings. The van der Waals surface area contributed by atoms with Crippen LogP contribution in [0.15, 0.2) is 58.1 Å². The molecule has 1 aromatic heterocycles. The minimum atomic E-state index is 0. The summed E-state index contributed by atoms with van der Waals surface area (Å²) in [6, 6.07) is 14.2. The van der Waals surface area contributed by atoms with Crippen LogP contribution in [0.25, 0.3) is 0 Å². The zero-order chi connectivity index (χ0) is 16.3. The van der Waals surface area contributed by atoms with Crippen molar-refractivity contribution in [3.8, 4) is 0 Å². The van der Waals surface area contributed by atoms with Crippen LogP contribution in [0, 0.1) is 0 Å². The number of benzene rings is 1. The minimum Gasteiger partial charge on any atom is -0.467 e. The first kappa shape index (κ1) is 20.3. The van der Waals surface area contributed by atoms with Gasteiger partial charge in [-0.05, 0) is 37.6 Å². The van der Waals surface area contributed by atoms with E-state index in [1.54, 1.807) is 6.26 Å². The molecule has 1 aromatic carbocycles. The van der Waals surface area contributed by atoms with Gasteiger partial charge in [0.1, 0.15) is 12.3 Å². The van der Waals surface area contributed by atoms with Crippen LogP contribution in [0.5, 0.6) is 0 Å². The Kier molecular flexibility index (Phi) is 9.98. The highest BCUT2D eigenvalue weighted by atomic mass is 127. The van der Waals surface area contributed by atoms with Crippen molar-refractivity contribution in [2.24, 2.45) is 4.99 Å². The van der Waals surface area contributed by atoms with Gasteiger partial charge in [0.25, 0.3) is 0 Å². The van der Waals surface area contributed by atoms with Crippen LogP contribution >= 0.6 is 24.0 Å². The smallest absolute Gasteiger partial charge is 0.191 e. The van der Waals surface area contributed by atoms with Crippen LogP contribution in [0.3, 0.4) is 0 Å². The number of anilines is 1. The lowest BCUT2D eigenvalue weighted by Crippen LogP contribution is -2.38. The number of para-hydroxylation sites is 1. The molecule has 1 heterocycles. The summed E-state index contributed by atoms with van der Waals surface area (Å²) in [6.07, 6.45) is 2.71. The summed E-state index contributed by atoms with van der Waals surface area (Å²) in [5, 5.41) is 6.61. The maximum absolute atomic E-state index is 5.30. The maximum Gasteiger partial charge on any atom is 0.191 e. The number of nitrogens with zero attached hydrogens (tertiary/aromatic N) is 2. The lowest BCUT2D eigenvalue weighted by Gasteiger charge is -2.19. The number of hydrogen-bond donors (Lipinski definition) is 2. The monoisotopic (exact) mass is 442 g/mol. The predicted octanol–water partition coefficient (Wildman–Crippen LogP) is 3.48. The van der Waals surface area contributed by atoms with Crippen molar-refractivity contribution in [3.05, 3.63) is 54.5 Å². The topological polar surface area (TPSA) is 52.8 Å². The molecule has 0 aliphatic rings. The van der Waals surface area contributed by atoms with Gasteiger partial charge < -0.3 is 20.0 Å². The Balaban J connectivity index is 0.00000288. The van der Waals surface area contributed by atoms with Crippen molar-refractivity contribution in [2.45, 2.75) is 19.9 Å². The maximum atomic E-state index is 5.30. The molecule has 5 nitrogen and oxygen atoms in total. The fourth-order valence-electron chi connectivity index (χ4n) is 2.24. The fraction of sp³-hybridized carbons (Fsp3) is 0.389. The highest BCUT2D eigenvalue weighted by molar-refractivity contribution is 14.0. The Bertz CT molecular complexity index is 572. The van der Waals surface area contributed by atoms with Gasteiger partial charge in [0.05, 0.1) is 6.26 Å². The lowest BCUT2D eigenvalue weighted by molar-refractivity contribution is 0.512. The van der Waals surface area contributed by atoms with Gasteiger partial charge in [-0.25, -0.2) is 4.99 Å². The van der Waals surface area contributed by atoms with Gasteiger partial charge in [-0.15, -0.1) is 24.0 Å². The molecule has 0 aliphatic carbocycles. The molecule has 0 amide bonds. The molecule has 0 aliphatic heterocycles. The van der Waals surface area contributed by atoms with Crippen molar-refractivity contribution in [3.63, 3.8) is 0 Å². The lowest BCUT2D eigenvalue weighted by atomic mass is 10.3. The molecule has 2 N–H and O–H groups in total. The van der Waals surface area contributed by atoms with E-state index in [1.165, 1.54) is 5.69 Å². The van der Waals surface area contributed by atoms with Crippen LogP contribution in [0.1, 0.15) is 19.1 Å². The molecular formula is C18H27IN4O. The first-order chi connectivity index (χ1) is 11.3. The molecule has 0 atom stereocenters. The second-order valence-corrected chi connectivity index (χ2v) is 5.31. The summed E-state index contributed by atoms with van der Waals surface area (Å²) in [6.45, 7) is 5.32. The molecule has 6 heteroatoms. The molecule has 24 heavy (non-hydrogen) atoms. The van der Waals surface area contributed by atoms with Crippen molar-refractivity contribution < 1.29 is 4.42 Å². The molecule has 0 unspecified atom stereocenters. The molecule has 0 radical (unpaired) electrons. The van der Waals surface area contributed by atoms with Gasteiger partial charge in [0.15, 0.2) is 5.96 Å². The van der Waals surface area contributed by atoms with E-state index < -0.39 is 0 Å². The van der Waals surface area contributed by atoms with Crippen molar-refractivity contribution in [1.82, 2.24) is 10.6 Å². The van der Waals surface area contributed by atoms with E-state index in [-0.39, 0.29) is 24.0 Å². The van der Waals surface area contributed by atoms with Crippen LogP contribution in [-0.2, 0) is 6.54 Å². The van der Waals surface area contributed by atoms with Gasteiger partial charge in [-0.1, -0.05) is 18.2 Å². The van der Waals surface area contributed by atoms with Crippen LogP contribution in [0.4, 0.5) is 5.69 Å². The standard InChI is InChI=1S/C18H26N4O.HI/c1-3-19-18(21-15-17-11-7-14-23-17)20-12-8-13-22(2)16-9-5-4-6-10-16;/h4-7,9-11,14H,3,8,12-13,15H2,1-2H3,(H2,19,20,21);1H. The van der Waals surface area contributed by atoms with Crippen molar-refractivity contribution in [1.29, 1.82) is 0 Å². The summed E-state index contributed by atoms with van der Waals surface area (Å²) in [5.41, 5.74) is 1.24. The van der Waals surface area contributed by atoms with Crippen LogP contribution in [-0.4, -0.2) is 32.6 Å². The minimum absolute atomic E-state index is 0. The van der Waals surface area contributed by atoms with E-state index in [4.69, 9.17) is 4.42 Å². The molecule has 0 fully saturated rings. The van der Waals surface area contributed by atoms with Gasteiger partial charge in [0.2, 0.25) is 0 Å². The van der Waals surface area contributed by atoms with Crippen molar-refractivity contribution >= 4 is 35.6 Å². The van der Waals surface area contributed by atoms with E-state index in [0.29, 0.717) is 6.54 Å². The highest BCUT2D eigenvalue weighted by Gasteiger charge is 2.01. The van der Waals surface area contributed by atoms with Gasteiger partial charge >= 0.3 is 0 Å². The molecule has 0 saturated carbocycles. The summed E-state index contributed by atoms with van der Waals surface area (Å²) in [4.78, 5) is 6.78. The number of hydrogen-bond acceptors (Lipinski definition) is 3. The Hall–Kier alpha value is -1.70. The predicted molar refractivity (Wildman–Crippen MR) is 111 cm³/mol. The second kappa shape index (κ2) is 11.8. The number of rotatable bonds is 8. The second-order valence-electron chi connectivity index (χ2n) is 5.31. The highest BCUT2D eigenvalue weighted by Crippen LogP contribution is 2.10. The van der Waals surface area contributed by atoms with Gasteiger partial charge in [-0.3, -0.25) is 0 Å². The van der Waals surface area contributed by atoms with E-state index in [2.05, 4.69) is 58.8 Å². The third kappa shape index (κ3) is 7.25. The Labute approximate surface area is 161 Å². The van der Waals surface area contributed by atoms with E-state index >= 15 is 0 Å². The number of guanidine groups is 1. The van der Waals surface area contributed by atoms with E-state index in [9.17, 15) is 0 Å². The largest absolute Gasteiger partial charge is 0.467 e. The van der Waals surface area contributed by atoms with Crippen LogP contribution in [0.2, 0.25) is 0 Å². The Morgan fingerprint density at radius 3 is 2.58 bits per heavy atom. The number of aliphatic imine (C=N–C) groups is 1. The quantitative estimate of drug-likeness (QED) is 0.285. The molecular weight excluding hydrogens is 415 g/mol. The number of furan rings is 1. The zero-order valence-corrected chi connectivity index (χ0v) is 16.7. The van der Waals surface area contributed by atoms with Crippen LogP contribution < -0.4 is 15.5 Å². The third-order valence-electron chi connectivity index (χ3n) is 3.48. The third-order valence-corrected chi connectivity index (χ3v) is 3.48. The number of halogens is 1. The van der Waals surface area contributed by atoms with E-state index in [0.717, 1.165) is 37.8 Å². The molecule has 2 rings (SSSR count). The molecule has 0 spiro atoms. The average molecular weight is 442 g/mol. The normalized spacial score (nSPS) is 10.8. The first-order valence-corrected chi connectivity index (χ1v) is 8.10. The van der Waals surface area contributed by atoms with Gasteiger partial charge in [-0.2, -0.15) is 0 Å². The molecule has 0 saturated heterocycles. The average Bonchev–Trinajstić information content (AvgIpc) is 3.10. The fourth-order valence-corrected chi connectivity index (χ4v) is 2.24. The van der Waals surface area contributed by atoms with Crippen molar-refractivity contribution in [2.75, 3.05) is 31.6 Å². The summed E-state index contributed by atoms with van der Waals surface area (Å²) in [5.74, 6) is 1.69. The van der Waals surface area contributed by atoms with Gasteiger partial charge in [0, 0.05) is 32.4 Å². The Morgan fingerprint density at radius 1 is 1.12 bits per heavy atom. The zero-order valence-electron chi connectivity index (χ0n) is 14.4. The first-order valence-electron chi connectivity index (χ1n) is 8.10. The Morgan fingerprint density at radius 2 is 1.92 bits per heavy atom. The number of nitrogens with one attached hydrogen (secondary N) is 2. The van der Waals surface area contributed by atoms with E-state index in [1.807, 2.05) is 18.2 Å².